The molecule has 0 radical (unpaired) electrons. The molecule has 1 heterocycles. The first-order valence-electron chi connectivity index (χ1n) is 8.16. The number of benzene rings is 2. The molecule has 1 fully saturated rings. The normalized spacial score (nSPS) is 15.7. The molecule has 3 rings (SSSR count). The summed E-state index contributed by atoms with van der Waals surface area (Å²) in [6, 6.07) is 15.0. The summed E-state index contributed by atoms with van der Waals surface area (Å²) in [6.45, 7) is 5.55. The van der Waals surface area contributed by atoms with Crippen LogP contribution in [-0.4, -0.2) is 55.4 Å². The molecule has 0 bridgehead atoms. The number of hydrogen-bond acceptors (Lipinski definition) is 3. The van der Waals surface area contributed by atoms with E-state index in [-0.39, 0.29) is 0 Å². The number of piperazine rings is 1. The fourth-order valence-corrected chi connectivity index (χ4v) is 3.19. The van der Waals surface area contributed by atoms with Crippen LogP contribution in [0.3, 0.4) is 0 Å². The molecular weight excluding hydrogens is 290 g/mol. The zero-order valence-electron chi connectivity index (χ0n) is 13.2. The first-order valence-corrected chi connectivity index (χ1v) is 8.16. The third-order valence-corrected chi connectivity index (χ3v) is 4.41. The van der Waals surface area contributed by atoms with Gasteiger partial charge in [-0.3, -0.25) is 4.90 Å². The first kappa shape index (κ1) is 15.6. The molecule has 1 saturated heterocycles. The monoisotopic (exact) mass is 313 g/mol. The molecule has 2 N–H and O–H groups in total. The molecule has 0 atom stereocenters. The van der Waals surface area contributed by atoms with Crippen molar-refractivity contribution < 1.29 is 9.90 Å². The number of rotatable bonds is 5. The quantitative estimate of drug-likeness (QED) is 0.833. The number of anilines is 1. The number of fused-ring (bicyclic) bond motifs is 1. The maximum atomic E-state index is 10.4. The van der Waals surface area contributed by atoms with Gasteiger partial charge in [0.15, 0.2) is 0 Å². The Morgan fingerprint density at radius 1 is 1.04 bits per heavy atom. The molecule has 0 spiro atoms. The summed E-state index contributed by atoms with van der Waals surface area (Å²) in [4.78, 5) is 15.3. The van der Waals surface area contributed by atoms with Gasteiger partial charge >= 0.3 is 6.09 Å². The van der Waals surface area contributed by atoms with Crippen molar-refractivity contribution in [1.82, 2.24) is 10.2 Å². The van der Waals surface area contributed by atoms with E-state index in [1.54, 1.807) is 0 Å². The maximum absolute atomic E-state index is 10.4. The second kappa shape index (κ2) is 7.33. The predicted molar refractivity (Wildman–Crippen MR) is 93.2 cm³/mol. The van der Waals surface area contributed by atoms with Crippen LogP contribution in [0.15, 0.2) is 42.5 Å². The van der Waals surface area contributed by atoms with Crippen LogP contribution in [0.25, 0.3) is 10.8 Å². The molecule has 1 amide bonds. The van der Waals surface area contributed by atoms with Gasteiger partial charge in [-0.2, -0.15) is 0 Å². The molecule has 0 saturated carbocycles. The van der Waals surface area contributed by atoms with E-state index in [0.29, 0.717) is 6.54 Å². The Labute approximate surface area is 136 Å². The minimum Gasteiger partial charge on any atom is -0.465 e. The van der Waals surface area contributed by atoms with Gasteiger partial charge in [0.1, 0.15) is 0 Å². The standard InChI is InChI=1S/C18H23N3O2/c22-18(23)19-9-4-10-20-11-13-21(14-12-20)17-8-3-6-15-5-1-2-7-16(15)17/h1-3,5-8,19H,4,9-14H2,(H,22,23). The minimum atomic E-state index is -0.939. The van der Waals surface area contributed by atoms with Gasteiger partial charge in [0.05, 0.1) is 0 Å². The van der Waals surface area contributed by atoms with Crippen LogP contribution >= 0.6 is 0 Å². The highest BCUT2D eigenvalue weighted by Crippen LogP contribution is 2.27. The van der Waals surface area contributed by atoms with E-state index in [1.165, 1.54) is 16.5 Å². The van der Waals surface area contributed by atoms with Crippen LogP contribution in [0.4, 0.5) is 10.5 Å². The van der Waals surface area contributed by atoms with E-state index in [9.17, 15) is 4.79 Å². The van der Waals surface area contributed by atoms with Crippen molar-refractivity contribution in [2.24, 2.45) is 0 Å². The van der Waals surface area contributed by atoms with E-state index in [4.69, 9.17) is 5.11 Å². The SMILES string of the molecule is O=C(O)NCCCN1CCN(c2cccc3ccccc23)CC1. The van der Waals surface area contributed by atoms with Crippen molar-refractivity contribution in [3.05, 3.63) is 42.5 Å². The largest absolute Gasteiger partial charge is 0.465 e. The van der Waals surface area contributed by atoms with Crippen molar-refractivity contribution in [2.45, 2.75) is 6.42 Å². The lowest BCUT2D eigenvalue weighted by atomic mass is 10.1. The van der Waals surface area contributed by atoms with E-state index in [1.807, 2.05) is 0 Å². The van der Waals surface area contributed by atoms with Gasteiger partial charge in [-0.1, -0.05) is 36.4 Å². The van der Waals surface area contributed by atoms with Gasteiger partial charge in [0.2, 0.25) is 0 Å². The molecule has 5 heteroatoms. The van der Waals surface area contributed by atoms with Crippen molar-refractivity contribution >= 4 is 22.6 Å². The molecule has 0 aromatic heterocycles. The lowest BCUT2D eigenvalue weighted by molar-refractivity contribution is 0.192. The second-order valence-electron chi connectivity index (χ2n) is 5.91. The van der Waals surface area contributed by atoms with E-state index >= 15 is 0 Å². The molecule has 1 aliphatic heterocycles. The summed E-state index contributed by atoms with van der Waals surface area (Å²) in [7, 11) is 0. The number of amides is 1. The Morgan fingerprint density at radius 2 is 1.78 bits per heavy atom. The molecule has 2 aromatic rings. The molecule has 0 unspecified atom stereocenters. The average molecular weight is 313 g/mol. The number of hydrogen-bond donors (Lipinski definition) is 2. The third kappa shape index (κ3) is 3.93. The summed E-state index contributed by atoms with van der Waals surface area (Å²) >= 11 is 0. The number of carbonyl (C=O) groups is 1. The maximum Gasteiger partial charge on any atom is 0.404 e. The Balaban J connectivity index is 1.55. The molecule has 0 aliphatic carbocycles. The van der Waals surface area contributed by atoms with Gasteiger partial charge in [-0.25, -0.2) is 4.79 Å². The van der Waals surface area contributed by atoms with Crippen LogP contribution in [0.5, 0.6) is 0 Å². The highest BCUT2D eigenvalue weighted by Gasteiger charge is 2.18. The average Bonchev–Trinajstić information content (AvgIpc) is 2.59. The second-order valence-corrected chi connectivity index (χ2v) is 5.91. The molecule has 5 nitrogen and oxygen atoms in total. The summed E-state index contributed by atoms with van der Waals surface area (Å²) in [5.74, 6) is 0. The summed E-state index contributed by atoms with van der Waals surface area (Å²) in [6.07, 6.45) is -0.0774. The number of carboxylic acid groups (broad SMARTS) is 1. The predicted octanol–water partition coefficient (Wildman–Crippen LogP) is 2.62. The summed E-state index contributed by atoms with van der Waals surface area (Å²) in [5.41, 5.74) is 1.32. The Bertz CT molecular complexity index is 661. The van der Waals surface area contributed by atoms with Crippen molar-refractivity contribution in [3.8, 4) is 0 Å². The lowest BCUT2D eigenvalue weighted by Crippen LogP contribution is -2.47. The highest BCUT2D eigenvalue weighted by molar-refractivity contribution is 5.94. The number of nitrogens with one attached hydrogen (secondary N) is 1. The molecule has 2 aromatic carbocycles. The number of nitrogens with zero attached hydrogens (tertiary/aromatic N) is 2. The van der Waals surface area contributed by atoms with E-state index in [0.717, 1.165) is 39.1 Å². The highest BCUT2D eigenvalue weighted by atomic mass is 16.4. The Kier molecular flexibility index (Phi) is 4.98. The van der Waals surface area contributed by atoms with Gasteiger partial charge in [0.25, 0.3) is 0 Å². The Morgan fingerprint density at radius 3 is 2.57 bits per heavy atom. The summed E-state index contributed by atoms with van der Waals surface area (Å²) in [5, 5.41) is 13.6. The van der Waals surface area contributed by atoms with Gasteiger partial charge in [-0.15, -0.1) is 0 Å². The third-order valence-electron chi connectivity index (χ3n) is 4.41. The van der Waals surface area contributed by atoms with Crippen LogP contribution < -0.4 is 10.2 Å². The van der Waals surface area contributed by atoms with Crippen molar-refractivity contribution in [3.63, 3.8) is 0 Å². The topological polar surface area (TPSA) is 55.8 Å². The van der Waals surface area contributed by atoms with Crippen LogP contribution in [0.1, 0.15) is 6.42 Å². The van der Waals surface area contributed by atoms with Gasteiger partial charge in [-0.05, 0) is 24.4 Å². The smallest absolute Gasteiger partial charge is 0.404 e. The fraction of sp³-hybridized carbons (Fsp3) is 0.389. The van der Waals surface area contributed by atoms with Crippen LogP contribution in [0.2, 0.25) is 0 Å². The van der Waals surface area contributed by atoms with Crippen LogP contribution in [-0.2, 0) is 0 Å². The zero-order valence-corrected chi connectivity index (χ0v) is 13.2. The van der Waals surface area contributed by atoms with Gasteiger partial charge < -0.3 is 15.3 Å². The summed E-state index contributed by atoms with van der Waals surface area (Å²) < 4.78 is 0. The molecule has 23 heavy (non-hydrogen) atoms. The van der Waals surface area contributed by atoms with E-state index in [2.05, 4.69) is 57.6 Å². The fourth-order valence-electron chi connectivity index (χ4n) is 3.19. The molecule has 122 valence electrons. The lowest BCUT2D eigenvalue weighted by Gasteiger charge is -2.36. The minimum absolute atomic E-state index is 0.527. The Hall–Kier alpha value is -2.27. The van der Waals surface area contributed by atoms with Gasteiger partial charge in [0, 0.05) is 43.8 Å². The molecule has 1 aliphatic rings. The van der Waals surface area contributed by atoms with Crippen molar-refractivity contribution in [2.75, 3.05) is 44.2 Å². The van der Waals surface area contributed by atoms with Crippen LogP contribution in [0, 0.1) is 0 Å². The van der Waals surface area contributed by atoms with E-state index < -0.39 is 6.09 Å². The zero-order chi connectivity index (χ0) is 16.1. The van der Waals surface area contributed by atoms with Crippen molar-refractivity contribution in [1.29, 1.82) is 0 Å². The first-order chi connectivity index (χ1) is 11.2. The molecular formula is C18H23N3O2.